The summed E-state index contributed by atoms with van der Waals surface area (Å²) in [7, 11) is 0. The van der Waals surface area contributed by atoms with E-state index < -0.39 is 0 Å². The topological polar surface area (TPSA) is 50.4 Å². The van der Waals surface area contributed by atoms with Crippen molar-refractivity contribution in [2.45, 2.75) is 51.7 Å². The molecule has 1 saturated heterocycles. The van der Waals surface area contributed by atoms with Crippen molar-refractivity contribution in [3.8, 4) is 0 Å². The van der Waals surface area contributed by atoms with Gasteiger partial charge in [-0.2, -0.15) is 0 Å². The summed E-state index contributed by atoms with van der Waals surface area (Å²) in [6.45, 7) is 5.93. The molecule has 1 aliphatic heterocycles. The predicted octanol–water partition coefficient (Wildman–Crippen LogP) is 3.25. The Bertz CT molecular complexity index is 456. The van der Waals surface area contributed by atoms with Crippen LogP contribution in [0.5, 0.6) is 0 Å². The SMILES string of the molecule is CCCNC(C)c1ccccc1NC(=O)C1CCCCO1. The van der Waals surface area contributed by atoms with Crippen LogP contribution in [-0.2, 0) is 9.53 Å². The minimum Gasteiger partial charge on any atom is -0.368 e. The lowest BCUT2D eigenvalue weighted by molar-refractivity contribution is -0.129. The highest BCUT2D eigenvalue weighted by atomic mass is 16.5. The standard InChI is InChI=1S/C17H26N2O2/c1-3-11-18-13(2)14-8-4-5-9-15(14)19-17(20)16-10-6-7-12-21-16/h4-5,8-9,13,16,18H,3,6-7,10-12H2,1-2H3,(H,19,20). The highest BCUT2D eigenvalue weighted by Gasteiger charge is 2.23. The molecule has 0 aromatic heterocycles. The zero-order valence-electron chi connectivity index (χ0n) is 13.0. The summed E-state index contributed by atoms with van der Waals surface area (Å²) in [5.74, 6) is -0.0233. The third-order valence-corrected chi connectivity index (χ3v) is 3.86. The normalized spacial score (nSPS) is 20.0. The van der Waals surface area contributed by atoms with E-state index in [0.717, 1.165) is 43.5 Å². The molecule has 2 N–H and O–H groups in total. The lowest BCUT2D eigenvalue weighted by atomic mass is 10.0. The number of hydrogen-bond acceptors (Lipinski definition) is 3. The Morgan fingerprint density at radius 2 is 2.19 bits per heavy atom. The van der Waals surface area contributed by atoms with Gasteiger partial charge in [0.05, 0.1) is 0 Å². The van der Waals surface area contributed by atoms with Gasteiger partial charge < -0.3 is 15.4 Å². The third-order valence-electron chi connectivity index (χ3n) is 3.86. The second-order valence-corrected chi connectivity index (χ2v) is 5.61. The molecule has 1 aliphatic rings. The molecule has 0 bridgehead atoms. The van der Waals surface area contributed by atoms with E-state index in [4.69, 9.17) is 4.74 Å². The van der Waals surface area contributed by atoms with Gasteiger partial charge in [-0.15, -0.1) is 0 Å². The first kappa shape index (κ1) is 16.0. The van der Waals surface area contributed by atoms with Gasteiger partial charge in [0.2, 0.25) is 0 Å². The Labute approximate surface area is 127 Å². The maximum Gasteiger partial charge on any atom is 0.253 e. The summed E-state index contributed by atoms with van der Waals surface area (Å²) < 4.78 is 5.55. The molecular formula is C17H26N2O2. The van der Waals surface area contributed by atoms with Gasteiger partial charge in [-0.25, -0.2) is 0 Å². The van der Waals surface area contributed by atoms with Crippen LogP contribution >= 0.6 is 0 Å². The van der Waals surface area contributed by atoms with Gasteiger partial charge in [0, 0.05) is 18.3 Å². The Hall–Kier alpha value is -1.39. The molecule has 1 amide bonds. The van der Waals surface area contributed by atoms with Gasteiger partial charge in [-0.1, -0.05) is 25.1 Å². The molecule has 1 aromatic carbocycles. The van der Waals surface area contributed by atoms with E-state index in [-0.39, 0.29) is 18.1 Å². The van der Waals surface area contributed by atoms with E-state index in [9.17, 15) is 4.79 Å². The average Bonchev–Trinajstić information content (AvgIpc) is 2.54. The number of hydrogen-bond donors (Lipinski definition) is 2. The summed E-state index contributed by atoms with van der Waals surface area (Å²) in [5.41, 5.74) is 2.00. The molecule has 4 heteroatoms. The first-order valence-corrected chi connectivity index (χ1v) is 7.97. The van der Waals surface area contributed by atoms with Gasteiger partial charge in [0.25, 0.3) is 5.91 Å². The van der Waals surface area contributed by atoms with Gasteiger partial charge >= 0.3 is 0 Å². The van der Waals surface area contributed by atoms with E-state index in [1.54, 1.807) is 0 Å². The monoisotopic (exact) mass is 290 g/mol. The number of anilines is 1. The molecule has 1 aromatic rings. The Morgan fingerprint density at radius 1 is 1.38 bits per heavy atom. The lowest BCUT2D eigenvalue weighted by Crippen LogP contribution is -2.33. The van der Waals surface area contributed by atoms with Gasteiger partial charge in [-0.05, 0) is 50.8 Å². The van der Waals surface area contributed by atoms with Gasteiger partial charge in [-0.3, -0.25) is 4.79 Å². The number of rotatable bonds is 6. The van der Waals surface area contributed by atoms with Crippen LogP contribution in [-0.4, -0.2) is 25.2 Å². The third kappa shape index (κ3) is 4.55. The molecule has 21 heavy (non-hydrogen) atoms. The molecule has 0 radical (unpaired) electrons. The summed E-state index contributed by atoms with van der Waals surface area (Å²) >= 11 is 0. The molecule has 2 unspecified atom stereocenters. The van der Waals surface area contributed by atoms with Crippen molar-refractivity contribution in [3.63, 3.8) is 0 Å². The van der Waals surface area contributed by atoms with E-state index >= 15 is 0 Å². The number of nitrogens with one attached hydrogen (secondary N) is 2. The highest BCUT2D eigenvalue weighted by molar-refractivity contribution is 5.95. The minimum atomic E-state index is -0.300. The maximum absolute atomic E-state index is 12.3. The molecule has 0 saturated carbocycles. The van der Waals surface area contributed by atoms with Crippen LogP contribution in [0.25, 0.3) is 0 Å². The summed E-state index contributed by atoms with van der Waals surface area (Å²) in [6.07, 6.45) is 3.73. The van der Waals surface area contributed by atoms with Crippen LogP contribution in [0, 0.1) is 0 Å². The predicted molar refractivity (Wildman–Crippen MR) is 85.4 cm³/mol. The first-order valence-electron chi connectivity index (χ1n) is 7.97. The molecule has 0 spiro atoms. The maximum atomic E-state index is 12.3. The number of carbonyl (C=O) groups excluding carboxylic acids is 1. The lowest BCUT2D eigenvalue weighted by Gasteiger charge is -2.23. The van der Waals surface area contributed by atoms with E-state index in [1.165, 1.54) is 0 Å². The first-order chi connectivity index (χ1) is 10.2. The van der Waals surface area contributed by atoms with Crippen molar-refractivity contribution in [3.05, 3.63) is 29.8 Å². The molecule has 1 heterocycles. The Kier molecular flexibility index (Phi) is 6.21. The quantitative estimate of drug-likeness (QED) is 0.845. The number of ether oxygens (including phenoxy) is 1. The van der Waals surface area contributed by atoms with Crippen molar-refractivity contribution < 1.29 is 9.53 Å². The number of para-hydroxylation sites is 1. The molecule has 4 nitrogen and oxygen atoms in total. The molecule has 0 aliphatic carbocycles. The zero-order chi connectivity index (χ0) is 15.1. The number of amides is 1. The van der Waals surface area contributed by atoms with Crippen molar-refractivity contribution in [1.82, 2.24) is 5.32 Å². The highest BCUT2D eigenvalue weighted by Crippen LogP contribution is 2.23. The number of carbonyl (C=O) groups is 1. The van der Waals surface area contributed by atoms with Crippen molar-refractivity contribution in [1.29, 1.82) is 0 Å². The van der Waals surface area contributed by atoms with E-state index in [0.29, 0.717) is 6.61 Å². The van der Waals surface area contributed by atoms with Crippen molar-refractivity contribution >= 4 is 11.6 Å². The fraction of sp³-hybridized carbons (Fsp3) is 0.588. The molecule has 2 rings (SSSR count). The molecule has 1 fully saturated rings. The van der Waals surface area contributed by atoms with Crippen LogP contribution in [0.15, 0.2) is 24.3 Å². The molecular weight excluding hydrogens is 264 g/mol. The Morgan fingerprint density at radius 3 is 2.90 bits per heavy atom. The smallest absolute Gasteiger partial charge is 0.253 e. The largest absolute Gasteiger partial charge is 0.368 e. The summed E-state index contributed by atoms with van der Waals surface area (Å²) in [5, 5.41) is 6.49. The fourth-order valence-electron chi connectivity index (χ4n) is 2.62. The minimum absolute atomic E-state index is 0.0233. The number of benzene rings is 1. The molecule has 2 atom stereocenters. The Balaban J connectivity index is 2.03. The van der Waals surface area contributed by atoms with Gasteiger partial charge in [0.15, 0.2) is 0 Å². The van der Waals surface area contributed by atoms with Crippen LogP contribution in [0.3, 0.4) is 0 Å². The van der Waals surface area contributed by atoms with Gasteiger partial charge in [0.1, 0.15) is 6.10 Å². The van der Waals surface area contributed by atoms with Crippen molar-refractivity contribution in [2.75, 3.05) is 18.5 Å². The van der Waals surface area contributed by atoms with Crippen LogP contribution in [0.4, 0.5) is 5.69 Å². The second kappa shape index (κ2) is 8.15. The summed E-state index contributed by atoms with van der Waals surface area (Å²) in [6, 6.07) is 8.19. The van der Waals surface area contributed by atoms with Crippen LogP contribution < -0.4 is 10.6 Å². The molecule has 116 valence electrons. The average molecular weight is 290 g/mol. The van der Waals surface area contributed by atoms with E-state index in [1.807, 2.05) is 18.2 Å². The summed E-state index contributed by atoms with van der Waals surface area (Å²) in [4.78, 5) is 12.3. The van der Waals surface area contributed by atoms with Crippen LogP contribution in [0.2, 0.25) is 0 Å². The van der Waals surface area contributed by atoms with Crippen molar-refractivity contribution in [2.24, 2.45) is 0 Å². The zero-order valence-corrected chi connectivity index (χ0v) is 13.0. The fourth-order valence-corrected chi connectivity index (χ4v) is 2.62. The van der Waals surface area contributed by atoms with E-state index in [2.05, 4.69) is 30.5 Å². The second-order valence-electron chi connectivity index (χ2n) is 5.61. The van der Waals surface area contributed by atoms with Crippen LogP contribution in [0.1, 0.15) is 51.1 Å².